The van der Waals surface area contributed by atoms with Crippen LogP contribution in [0.3, 0.4) is 0 Å². The Morgan fingerprint density at radius 2 is 0.788 bits per heavy atom. The molecule has 17 heteroatoms. The zero-order valence-electron chi connectivity index (χ0n) is 30.2. The summed E-state index contributed by atoms with van der Waals surface area (Å²) in [5.41, 5.74) is 0.940. The van der Waals surface area contributed by atoms with E-state index in [1.807, 2.05) is 30.3 Å². The maximum Gasteiger partial charge on any atom is 0.308 e. The third kappa shape index (κ3) is 33.9. The van der Waals surface area contributed by atoms with Gasteiger partial charge in [-0.3, -0.25) is 19.2 Å². The van der Waals surface area contributed by atoms with Gasteiger partial charge in [0.05, 0.1) is 132 Å². The quantitative estimate of drug-likeness (QED) is 0.0631. The number of carboxylic acid groups (broad SMARTS) is 1. The van der Waals surface area contributed by atoms with Crippen LogP contribution in [0.4, 0.5) is 0 Å². The summed E-state index contributed by atoms with van der Waals surface area (Å²) in [5.74, 6) is -1.48. The molecule has 0 aliphatic carbocycles. The van der Waals surface area contributed by atoms with Crippen LogP contribution in [0.2, 0.25) is 0 Å². The number of rotatable bonds is 38. The molecule has 2 amide bonds. The summed E-state index contributed by atoms with van der Waals surface area (Å²) in [7, 11) is 0. The van der Waals surface area contributed by atoms with E-state index in [-0.39, 0.29) is 76.5 Å². The van der Waals surface area contributed by atoms with E-state index in [1.54, 1.807) is 0 Å². The molecule has 0 radical (unpaired) electrons. The van der Waals surface area contributed by atoms with E-state index in [2.05, 4.69) is 10.6 Å². The molecule has 0 heterocycles. The highest BCUT2D eigenvalue weighted by molar-refractivity contribution is 5.76. The molecular weight excluding hydrogens is 688 g/mol. The van der Waals surface area contributed by atoms with E-state index in [9.17, 15) is 19.2 Å². The minimum Gasteiger partial charge on any atom is -0.481 e. The van der Waals surface area contributed by atoms with Gasteiger partial charge in [-0.25, -0.2) is 0 Å². The van der Waals surface area contributed by atoms with E-state index >= 15 is 0 Å². The van der Waals surface area contributed by atoms with Crippen molar-refractivity contribution in [3.63, 3.8) is 0 Å². The zero-order valence-corrected chi connectivity index (χ0v) is 30.2. The van der Waals surface area contributed by atoms with Crippen LogP contribution in [0.1, 0.15) is 31.2 Å². The zero-order chi connectivity index (χ0) is 37.6. The fraction of sp³-hybridized carbons (Fsp3) is 0.714. The number of hydrogen-bond acceptors (Lipinski definition) is 14. The number of carbonyl (C=O) groups is 4. The minimum absolute atomic E-state index is 0.0311. The number of nitrogens with one attached hydrogen (secondary N) is 2. The standard InChI is InChI=1S/C35H58N2O15/c38-32(36-10-16-47-22-28-50-26-20-45-14-8-34(40)41)6-12-43-18-24-49-25-19-44-13-7-33(39)37-11-17-48-23-29-51-27-21-46-15-9-35(42)52-30-31-4-2-1-3-5-31/h1-5H,6-30H2,(H,36,38)(H,37,39)(H,40,41). The van der Waals surface area contributed by atoms with Crippen molar-refractivity contribution in [3.8, 4) is 0 Å². The van der Waals surface area contributed by atoms with E-state index in [0.717, 1.165) is 5.56 Å². The highest BCUT2D eigenvalue weighted by atomic mass is 16.6. The highest BCUT2D eigenvalue weighted by Crippen LogP contribution is 2.01. The summed E-state index contributed by atoms with van der Waals surface area (Å²) in [6.45, 7) is 7.12. The van der Waals surface area contributed by atoms with Crippen LogP contribution in [-0.2, 0) is 73.2 Å². The van der Waals surface area contributed by atoms with Gasteiger partial charge in [0.2, 0.25) is 11.8 Å². The Morgan fingerprint density at radius 1 is 0.442 bits per heavy atom. The summed E-state index contributed by atoms with van der Waals surface area (Å²) in [4.78, 5) is 45.8. The molecule has 1 aromatic carbocycles. The molecule has 1 rings (SSSR count). The average molecular weight is 747 g/mol. The van der Waals surface area contributed by atoms with Crippen molar-refractivity contribution < 1.29 is 71.7 Å². The lowest BCUT2D eigenvalue weighted by atomic mass is 10.2. The fourth-order valence-corrected chi connectivity index (χ4v) is 3.78. The molecule has 298 valence electrons. The summed E-state index contributed by atoms with van der Waals surface area (Å²) < 4.78 is 53.4. The molecule has 0 aromatic heterocycles. The first-order valence-electron chi connectivity index (χ1n) is 17.6. The highest BCUT2D eigenvalue weighted by Gasteiger charge is 2.05. The topological polar surface area (TPSA) is 205 Å². The van der Waals surface area contributed by atoms with Crippen molar-refractivity contribution >= 4 is 23.8 Å². The van der Waals surface area contributed by atoms with Gasteiger partial charge in [-0.2, -0.15) is 0 Å². The molecule has 0 atom stereocenters. The van der Waals surface area contributed by atoms with Crippen molar-refractivity contribution in [2.24, 2.45) is 0 Å². The normalized spacial score (nSPS) is 11.0. The van der Waals surface area contributed by atoms with Gasteiger partial charge in [-0.15, -0.1) is 0 Å². The lowest BCUT2D eigenvalue weighted by molar-refractivity contribution is -0.146. The predicted molar refractivity (Wildman–Crippen MR) is 186 cm³/mol. The number of aliphatic carboxylic acids is 1. The first-order valence-corrected chi connectivity index (χ1v) is 17.6. The number of esters is 1. The second-order valence-corrected chi connectivity index (χ2v) is 10.8. The first-order chi connectivity index (χ1) is 25.5. The van der Waals surface area contributed by atoms with Gasteiger partial charge in [0.25, 0.3) is 0 Å². The Morgan fingerprint density at radius 3 is 1.19 bits per heavy atom. The van der Waals surface area contributed by atoms with Crippen molar-refractivity contribution in [1.29, 1.82) is 0 Å². The van der Waals surface area contributed by atoms with Gasteiger partial charge >= 0.3 is 11.9 Å². The van der Waals surface area contributed by atoms with Crippen LogP contribution in [0.15, 0.2) is 30.3 Å². The van der Waals surface area contributed by atoms with Crippen LogP contribution in [0, 0.1) is 0 Å². The molecule has 17 nitrogen and oxygen atoms in total. The van der Waals surface area contributed by atoms with Crippen LogP contribution < -0.4 is 10.6 Å². The van der Waals surface area contributed by atoms with E-state index in [0.29, 0.717) is 106 Å². The van der Waals surface area contributed by atoms with Crippen molar-refractivity contribution in [3.05, 3.63) is 35.9 Å². The van der Waals surface area contributed by atoms with Crippen molar-refractivity contribution in [2.45, 2.75) is 32.3 Å². The number of hydrogen-bond donors (Lipinski definition) is 3. The first kappa shape index (κ1) is 46.8. The lowest BCUT2D eigenvalue weighted by Crippen LogP contribution is -2.28. The number of carboxylic acids is 1. The summed E-state index contributed by atoms with van der Waals surface area (Å²) in [5, 5.41) is 14.0. The van der Waals surface area contributed by atoms with Gasteiger partial charge in [-0.1, -0.05) is 30.3 Å². The minimum atomic E-state index is -0.899. The average Bonchev–Trinajstić information content (AvgIpc) is 3.14. The summed E-state index contributed by atoms with van der Waals surface area (Å²) in [6.07, 6.45) is 0.611. The van der Waals surface area contributed by atoms with E-state index in [1.165, 1.54) is 0 Å². The Balaban J connectivity index is 1.72. The van der Waals surface area contributed by atoms with Gasteiger partial charge in [0, 0.05) is 25.9 Å². The molecule has 0 fully saturated rings. The Hall–Kier alpha value is -3.26. The second-order valence-electron chi connectivity index (χ2n) is 10.8. The van der Waals surface area contributed by atoms with E-state index in [4.69, 9.17) is 52.5 Å². The van der Waals surface area contributed by atoms with E-state index < -0.39 is 5.97 Å². The smallest absolute Gasteiger partial charge is 0.308 e. The molecule has 0 unspecified atom stereocenters. The third-order valence-electron chi connectivity index (χ3n) is 6.47. The predicted octanol–water partition coefficient (Wildman–Crippen LogP) is 0.757. The van der Waals surface area contributed by atoms with Crippen LogP contribution in [0.25, 0.3) is 0 Å². The summed E-state index contributed by atoms with van der Waals surface area (Å²) in [6, 6.07) is 9.49. The maximum atomic E-state index is 11.9. The molecule has 0 aliphatic rings. The molecular formula is C35H58N2O15. The molecule has 0 spiro atoms. The van der Waals surface area contributed by atoms with Gasteiger partial charge in [-0.05, 0) is 5.56 Å². The lowest BCUT2D eigenvalue weighted by Gasteiger charge is -2.09. The monoisotopic (exact) mass is 746 g/mol. The number of amides is 2. The number of benzene rings is 1. The Bertz CT molecular complexity index is 1020. The maximum absolute atomic E-state index is 11.9. The van der Waals surface area contributed by atoms with Crippen molar-refractivity contribution in [2.75, 3.05) is 132 Å². The second kappa shape index (κ2) is 36.1. The van der Waals surface area contributed by atoms with Crippen LogP contribution in [0.5, 0.6) is 0 Å². The summed E-state index contributed by atoms with van der Waals surface area (Å²) >= 11 is 0. The third-order valence-corrected chi connectivity index (χ3v) is 6.47. The number of ether oxygens (including phenoxy) is 10. The molecule has 0 aliphatic heterocycles. The molecule has 52 heavy (non-hydrogen) atoms. The van der Waals surface area contributed by atoms with Crippen molar-refractivity contribution in [1.82, 2.24) is 10.6 Å². The van der Waals surface area contributed by atoms with Gasteiger partial charge in [0.1, 0.15) is 6.61 Å². The molecule has 3 N–H and O–H groups in total. The largest absolute Gasteiger partial charge is 0.481 e. The number of carbonyl (C=O) groups excluding carboxylic acids is 3. The molecule has 0 saturated heterocycles. The molecule has 0 saturated carbocycles. The van der Waals surface area contributed by atoms with Gasteiger partial charge in [0.15, 0.2) is 0 Å². The Kier molecular flexibility index (Phi) is 32.5. The Labute approximate surface area is 306 Å². The molecule has 0 bridgehead atoms. The SMILES string of the molecule is O=C(O)CCOCCOCCOCCNC(=O)CCOCCOCCOCCC(=O)NCCOCCOCCOCCC(=O)OCc1ccccc1. The van der Waals surface area contributed by atoms with Crippen LogP contribution in [-0.4, -0.2) is 161 Å². The van der Waals surface area contributed by atoms with Crippen LogP contribution >= 0.6 is 0 Å². The molecule has 1 aromatic rings. The van der Waals surface area contributed by atoms with Gasteiger partial charge < -0.3 is 63.1 Å². The fourth-order valence-electron chi connectivity index (χ4n) is 3.78.